The summed E-state index contributed by atoms with van der Waals surface area (Å²) < 4.78 is 1.88. The molecule has 0 fully saturated rings. The zero-order valence-corrected chi connectivity index (χ0v) is 17.4. The molecule has 5 nitrogen and oxygen atoms in total. The number of benzene rings is 2. The van der Waals surface area contributed by atoms with Gasteiger partial charge in [0, 0.05) is 0 Å². The first kappa shape index (κ1) is 19.7. The number of hydrogen-bond acceptors (Lipinski definition) is 4. The topological polar surface area (TPSA) is 59.8 Å². The number of anilines is 1. The molecule has 0 radical (unpaired) electrons. The summed E-state index contributed by atoms with van der Waals surface area (Å²) in [5, 5.41) is 11.9. The number of rotatable bonds is 5. The number of aryl methyl sites for hydroxylation is 2. The Balaban J connectivity index is 1.77. The fraction of sp³-hybridized carbons (Fsp3) is 0.211. The minimum Gasteiger partial charge on any atom is -0.324 e. The molecule has 3 rings (SSSR count). The van der Waals surface area contributed by atoms with Crippen LogP contribution in [0.3, 0.4) is 0 Å². The van der Waals surface area contributed by atoms with Crippen LogP contribution in [0.1, 0.15) is 18.1 Å². The van der Waals surface area contributed by atoms with Gasteiger partial charge >= 0.3 is 0 Å². The zero-order chi connectivity index (χ0) is 19.6. The van der Waals surface area contributed by atoms with E-state index in [1.165, 1.54) is 17.3 Å². The van der Waals surface area contributed by atoms with Gasteiger partial charge in [-0.15, -0.1) is 10.2 Å². The average molecular weight is 421 g/mol. The fourth-order valence-electron chi connectivity index (χ4n) is 2.59. The number of carbonyl (C=O) groups excluding carboxylic acids is 1. The summed E-state index contributed by atoms with van der Waals surface area (Å²) in [7, 11) is 0. The van der Waals surface area contributed by atoms with Crippen LogP contribution in [0.2, 0.25) is 10.0 Å². The second-order valence-electron chi connectivity index (χ2n) is 6.12. The van der Waals surface area contributed by atoms with E-state index in [0.717, 1.165) is 11.3 Å². The van der Waals surface area contributed by atoms with E-state index >= 15 is 0 Å². The van der Waals surface area contributed by atoms with Gasteiger partial charge in [-0.25, -0.2) is 0 Å². The Kier molecular flexibility index (Phi) is 6.09. The number of aromatic nitrogens is 3. The van der Waals surface area contributed by atoms with E-state index in [0.29, 0.717) is 20.9 Å². The molecular formula is C19H18Cl2N4OS. The van der Waals surface area contributed by atoms with E-state index in [4.69, 9.17) is 23.2 Å². The predicted molar refractivity (Wildman–Crippen MR) is 111 cm³/mol. The maximum Gasteiger partial charge on any atom is 0.237 e. The molecule has 27 heavy (non-hydrogen) atoms. The van der Waals surface area contributed by atoms with Crippen LogP contribution in [0, 0.1) is 13.8 Å². The number of halogens is 2. The van der Waals surface area contributed by atoms with Crippen molar-refractivity contribution in [2.24, 2.45) is 0 Å². The van der Waals surface area contributed by atoms with Crippen molar-refractivity contribution >= 4 is 46.6 Å². The summed E-state index contributed by atoms with van der Waals surface area (Å²) in [5.74, 6) is -0.195. The zero-order valence-electron chi connectivity index (χ0n) is 15.0. The smallest absolute Gasteiger partial charge is 0.237 e. The minimum absolute atomic E-state index is 0.195. The van der Waals surface area contributed by atoms with Crippen molar-refractivity contribution < 1.29 is 4.79 Å². The monoisotopic (exact) mass is 420 g/mol. The molecule has 1 atom stereocenters. The third-order valence-electron chi connectivity index (χ3n) is 3.99. The third-order valence-corrected chi connectivity index (χ3v) is 5.86. The van der Waals surface area contributed by atoms with E-state index in [9.17, 15) is 4.79 Å². The molecule has 2 aromatic carbocycles. The summed E-state index contributed by atoms with van der Waals surface area (Å²) in [6.07, 6.45) is 1.65. The number of hydrogen-bond donors (Lipinski definition) is 1. The molecule has 0 saturated carbocycles. The molecule has 0 bridgehead atoms. The maximum atomic E-state index is 12.6. The van der Waals surface area contributed by atoms with Crippen molar-refractivity contribution in [3.63, 3.8) is 0 Å². The molecule has 0 unspecified atom stereocenters. The molecule has 140 valence electrons. The standard InChI is InChI=1S/C19H18Cl2N4OS/c1-11-7-8-16(12(2)9-11)25-10-22-24-19(25)27-13(3)18(26)23-15-6-4-5-14(20)17(15)21/h4-10,13H,1-3H3,(H,23,26)/t13-/m1/s1. The van der Waals surface area contributed by atoms with Crippen LogP contribution in [-0.2, 0) is 4.79 Å². The van der Waals surface area contributed by atoms with Crippen molar-refractivity contribution in [2.75, 3.05) is 5.32 Å². The minimum atomic E-state index is -0.409. The predicted octanol–water partition coefficient (Wildman–Crippen LogP) is 5.31. The second kappa shape index (κ2) is 8.33. The van der Waals surface area contributed by atoms with Crippen LogP contribution in [-0.4, -0.2) is 25.9 Å². The van der Waals surface area contributed by atoms with Gasteiger partial charge in [0.15, 0.2) is 5.16 Å². The summed E-state index contributed by atoms with van der Waals surface area (Å²) in [6, 6.07) is 11.3. The van der Waals surface area contributed by atoms with E-state index < -0.39 is 5.25 Å². The summed E-state index contributed by atoms with van der Waals surface area (Å²) in [5.41, 5.74) is 3.76. The lowest BCUT2D eigenvalue weighted by atomic mass is 10.1. The molecule has 1 heterocycles. The number of carbonyl (C=O) groups is 1. The lowest BCUT2D eigenvalue weighted by Crippen LogP contribution is -2.23. The first-order valence-electron chi connectivity index (χ1n) is 8.26. The molecule has 0 spiro atoms. The third kappa shape index (κ3) is 4.46. The Morgan fingerprint density at radius 3 is 2.74 bits per heavy atom. The Morgan fingerprint density at radius 1 is 1.22 bits per heavy atom. The van der Waals surface area contributed by atoms with Crippen LogP contribution in [0.5, 0.6) is 0 Å². The van der Waals surface area contributed by atoms with Crippen molar-refractivity contribution in [3.05, 3.63) is 63.9 Å². The molecule has 0 aliphatic rings. The highest BCUT2D eigenvalue weighted by molar-refractivity contribution is 8.00. The average Bonchev–Trinajstić information content (AvgIpc) is 3.06. The Hall–Kier alpha value is -2.02. The van der Waals surface area contributed by atoms with Gasteiger partial charge in [0.25, 0.3) is 0 Å². The Bertz CT molecular complexity index is 990. The summed E-state index contributed by atoms with van der Waals surface area (Å²) in [4.78, 5) is 12.6. The SMILES string of the molecule is Cc1ccc(-n2cnnc2S[C@H](C)C(=O)Nc2cccc(Cl)c2Cl)c(C)c1. The molecule has 1 amide bonds. The molecule has 1 aromatic heterocycles. The molecule has 0 aliphatic carbocycles. The van der Waals surface area contributed by atoms with Crippen molar-refractivity contribution in [3.8, 4) is 5.69 Å². The van der Waals surface area contributed by atoms with E-state index in [1.807, 2.05) is 30.5 Å². The number of nitrogens with zero attached hydrogens (tertiary/aromatic N) is 3. The van der Waals surface area contributed by atoms with Gasteiger partial charge in [-0.05, 0) is 44.5 Å². The lowest BCUT2D eigenvalue weighted by Gasteiger charge is -2.14. The van der Waals surface area contributed by atoms with Gasteiger partial charge in [-0.2, -0.15) is 0 Å². The highest BCUT2D eigenvalue weighted by atomic mass is 35.5. The largest absolute Gasteiger partial charge is 0.324 e. The number of amides is 1. The van der Waals surface area contributed by atoms with Crippen LogP contribution in [0.25, 0.3) is 5.69 Å². The molecular weight excluding hydrogens is 403 g/mol. The Morgan fingerprint density at radius 2 is 2.00 bits per heavy atom. The second-order valence-corrected chi connectivity index (χ2v) is 8.22. The first-order valence-corrected chi connectivity index (χ1v) is 9.89. The molecule has 0 aliphatic heterocycles. The van der Waals surface area contributed by atoms with Gasteiger partial charge in [-0.1, -0.05) is 58.7 Å². The van der Waals surface area contributed by atoms with Crippen molar-refractivity contribution in [1.29, 1.82) is 0 Å². The fourth-order valence-corrected chi connectivity index (χ4v) is 3.78. The molecule has 0 saturated heterocycles. The van der Waals surface area contributed by atoms with E-state index in [2.05, 4.69) is 21.6 Å². The molecule has 8 heteroatoms. The van der Waals surface area contributed by atoms with Crippen molar-refractivity contribution in [1.82, 2.24) is 14.8 Å². The highest BCUT2D eigenvalue weighted by Gasteiger charge is 2.20. The quantitative estimate of drug-likeness (QED) is 0.568. The normalized spacial score (nSPS) is 12.0. The maximum absolute atomic E-state index is 12.6. The van der Waals surface area contributed by atoms with Gasteiger partial charge < -0.3 is 5.32 Å². The van der Waals surface area contributed by atoms with Gasteiger partial charge in [0.2, 0.25) is 5.91 Å². The van der Waals surface area contributed by atoms with Crippen LogP contribution >= 0.6 is 35.0 Å². The number of nitrogens with one attached hydrogen (secondary N) is 1. The summed E-state index contributed by atoms with van der Waals surface area (Å²) >= 11 is 13.5. The summed E-state index contributed by atoms with van der Waals surface area (Å²) in [6.45, 7) is 5.89. The van der Waals surface area contributed by atoms with Crippen LogP contribution < -0.4 is 5.32 Å². The van der Waals surface area contributed by atoms with Gasteiger partial charge in [0.05, 0.1) is 26.7 Å². The van der Waals surface area contributed by atoms with Gasteiger partial charge in [-0.3, -0.25) is 9.36 Å². The van der Waals surface area contributed by atoms with Crippen LogP contribution in [0.15, 0.2) is 47.9 Å². The lowest BCUT2D eigenvalue weighted by molar-refractivity contribution is -0.115. The Labute approximate surface area is 172 Å². The van der Waals surface area contributed by atoms with Gasteiger partial charge in [0.1, 0.15) is 6.33 Å². The molecule has 3 aromatic rings. The molecule has 1 N–H and O–H groups in total. The van der Waals surface area contributed by atoms with Crippen LogP contribution in [0.4, 0.5) is 5.69 Å². The van der Waals surface area contributed by atoms with E-state index in [1.54, 1.807) is 31.5 Å². The van der Waals surface area contributed by atoms with Crippen molar-refractivity contribution in [2.45, 2.75) is 31.2 Å². The van der Waals surface area contributed by atoms with E-state index in [-0.39, 0.29) is 5.91 Å². The number of thioether (sulfide) groups is 1. The first-order chi connectivity index (χ1) is 12.9. The highest BCUT2D eigenvalue weighted by Crippen LogP contribution is 2.31.